The summed E-state index contributed by atoms with van der Waals surface area (Å²) in [6, 6.07) is 5.45. The number of hydrogen-bond donors (Lipinski definition) is 5. The molecule has 1 atom stereocenters. The van der Waals surface area contributed by atoms with Crippen molar-refractivity contribution in [2.24, 2.45) is 5.73 Å². The van der Waals surface area contributed by atoms with Gasteiger partial charge in [-0.05, 0) is 56.2 Å². The van der Waals surface area contributed by atoms with Gasteiger partial charge in [-0.2, -0.15) is 4.98 Å². The molecule has 1 aromatic heterocycles. The Labute approximate surface area is 193 Å². The van der Waals surface area contributed by atoms with Gasteiger partial charge in [0.05, 0.1) is 6.04 Å². The molecule has 0 unspecified atom stereocenters. The predicted octanol–water partition coefficient (Wildman–Crippen LogP) is 2.17. The van der Waals surface area contributed by atoms with Crippen LogP contribution < -0.4 is 27.0 Å². The highest BCUT2D eigenvalue weighted by Crippen LogP contribution is 2.15. The summed E-state index contributed by atoms with van der Waals surface area (Å²) in [5.41, 5.74) is 7.09. The van der Waals surface area contributed by atoms with Crippen molar-refractivity contribution in [2.45, 2.75) is 51.1 Å². The third kappa shape index (κ3) is 7.98. The predicted molar refractivity (Wildman–Crippen MR) is 125 cm³/mol. The molecule has 0 saturated carbocycles. The first-order chi connectivity index (χ1) is 16.0. The molecule has 1 aliphatic heterocycles. The number of halogens is 1. The van der Waals surface area contributed by atoms with Crippen molar-refractivity contribution in [3.63, 3.8) is 0 Å². The summed E-state index contributed by atoms with van der Waals surface area (Å²) in [6.07, 6.45) is 6.35. The van der Waals surface area contributed by atoms with Crippen molar-refractivity contribution < 1.29 is 14.0 Å². The first kappa shape index (κ1) is 24.4. The van der Waals surface area contributed by atoms with Crippen LogP contribution in [0.3, 0.4) is 0 Å². The number of amides is 2. The van der Waals surface area contributed by atoms with Gasteiger partial charge in [0.25, 0.3) is 5.91 Å². The van der Waals surface area contributed by atoms with E-state index in [0.717, 1.165) is 37.7 Å². The number of nitrogens with zero attached hydrogens (tertiary/aromatic N) is 2. The third-order valence-electron chi connectivity index (χ3n) is 5.41. The molecule has 0 aliphatic carbocycles. The Hall–Kier alpha value is -3.27. The second-order valence-corrected chi connectivity index (χ2v) is 8.07. The fourth-order valence-corrected chi connectivity index (χ4v) is 3.44. The molecule has 1 aliphatic rings. The van der Waals surface area contributed by atoms with Gasteiger partial charge in [-0.3, -0.25) is 9.59 Å². The summed E-state index contributed by atoms with van der Waals surface area (Å²) in [4.78, 5) is 33.6. The third-order valence-corrected chi connectivity index (χ3v) is 5.41. The molecule has 1 aromatic carbocycles. The molecule has 178 valence electrons. The second kappa shape index (κ2) is 12.7. The van der Waals surface area contributed by atoms with Crippen molar-refractivity contribution in [1.29, 1.82) is 0 Å². The summed E-state index contributed by atoms with van der Waals surface area (Å²) >= 11 is 0. The molecule has 0 spiro atoms. The summed E-state index contributed by atoms with van der Waals surface area (Å²) in [5.74, 6) is 0.139. The Bertz CT molecular complexity index is 924. The lowest BCUT2D eigenvalue weighted by Crippen LogP contribution is -2.40. The van der Waals surface area contributed by atoms with Crippen molar-refractivity contribution in [1.82, 2.24) is 20.6 Å². The average Bonchev–Trinajstić information content (AvgIpc) is 2.82. The highest BCUT2D eigenvalue weighted by Gasteiger charge is 2.16. The second-order valence-electron chi connectivity index (χ2n) is 8.07. The highest BCUT2D eigenvalue weighted by atomic mass is 19.1. The maximum absolute atomic E-state index is 13.1. The first-order valence-corrected chi connectivity index (χ1v) is 11.4. The number of hydrogen-bond acceptors (Lipinski definition) is 7. The molecule has 9 nitrogen and oxygen atoms in total. The number of benzene rings is 1. The van der Waals surface area contributed by atoms with E-state index in [9.17, 15) is 14.0 Å². The zero-order valence-electron chi connectivity index (χ0n) is 18.7. The van der Waals surface area contributed by atoms with E-state index in [0.29, 0.717) is 43.4 Å². The van der Waals surface area contributed by atoms with Crippen LogP contribution in [0.15, 0.2) is 30.5 Å². The van der Waals surface area contributed by atoms with Gasteiger partial charge in [-0.1, -0.05) is 12.1 Å². The highest BCUT2D eigenvalue weighted by molar-refractivity contribution is 5.98. The van der Waals surface area contributed by atoms with Gasteiger partial charge in [-0.15, -0.1) is 0 Å². The van der Waals surface area contributed by atoms with E-state index in [2.05, 4.69) is 31.2 Å². The Balaban J connectivity index is 1.65. The number of carbonyl (C=O) groups excluding carboxylic acids is 2. The van der Waals surface area contributed by atoms with Crippen molar-refractivity contribution in [3.05, 3.63) is 47.4 Å². The molecular formula is C23H32FN7O2. The van der Waals surface area contributed by atoms with Gasteiger partial charge in [0.2, 0.25) is 11.9 Å². The molecule has 2 bridgehead atoms. The normalized spacial score (nSPS) is 18.2. The number of fused-ring (bicyclic) bond motifs is 2. The molecule has 0 saturated heterocycles. The number of nitrogens with one attached hydrogen (secondary N) is 4. The van der Waals surface area contributed by atoms with Gasteiger partial charge in [0, 0.05) is 32.4 Å². The summed E-state index contributed by atoms with van der Waals surface area (Å²) in [5, 5.41) is 12.1. The quantitative estimate of drug-likeness (QED) is 0.477. The molecule has 6 N–H and O–H groups in total. The summed E-state index contributed by atoms with van der Waals surface area (Å²) in [7, 11) is 0. The van der Waals surface area contributed by atoms with Crippen LogP contribution in [0.2, 0.25) is 0 Å². The van der Waals surface area contributed by atoms with Crippen LogP contribution in [0, 0.1) is 5.82 Å². The number of carbonyl (C=O) groups is 2. The van der Waals surface area contributed by atoms with E-state index in [1.54, 1.807) is 12.1 Å². The van der Waals surface area contributed by atoms with Crippen LogP contribution in [0.1, 0.15) is 54.4 Å². The van der Waals surface area contributed by atoms with Crippen LogP contribution in [-0.2, 0) is 11.3 Å². The van der Waals surface area contributed by atoms with E-state index in [1.165, 1.54) is 18.3 Å². The Morgan fingerprint density at radius 2 is 1.73 bits per heavy atom. The number of nitrogens with two attached hydrogens (primary N) is 1. The molecule has 0 fully saturated rings. The van der Waals surface area contributed by atoms with Crippen molar-refractivity contribution >= 4 is 23.6 Å². The van der Waals surface area contributed by atoms with Gasteiger partial charge in [-0.25, -0.2) is 9.37 Å². The number of rotatable bonds is 3. The van der Waals surface area contributed by atoms with E-state index >= 15 is 0 Å². The number of aromatic nitrogens is 2. The van der Waals surface area contributed by atoms with Crippen molar-refractivity contribution in [2.75, 3.05) is 30.3 Å². The van der Waals surface area contributed by atoms with Gasteiger partial charge in [0.1, 0.15) is 17.2 Å². The van der Waals surface area contributed by atoms with Crippen LogP contribution in [0.5, 0.6) is 0 Å². The SMILES string of the molecule is N[C@H]1CCCCNc2nc(ncc2C(=O)NCc2ccc(F)cc2)NCCCCCNC1=O. The first-order valence-electron chi connectivity index (χ1n) is 11.4. The van der Waals surface area contributed by atoms with Crippen LogP contribution in [0.25, 0.3) is 0 Å². The molecule has 2 heterocycles. The van der Waals surface area contributed by atoms with Crippen LogP contribution in [0.4, 0.5) is 16.2 Å². The zero-order valence-corrected chi connectivity index (χ0v) is 18.7. The van der Waals surface area contributed by atoms with Gasteiger partial charge in [0.15, 0.2) is 0 Å². The lowest BCUT2D eigenvalue weighted by atomic mass is 10.1. The lowest BCUT2D eigenvalue weighted by molar-refractivity contribution is -0.122. The molecule has 3 rings (SSSR count). The molecule has 10 heteroatoms. The Morgan fingerprint density at radius 1 is 1.03 bits per heavy atom. The zero-order chi connectivity index (χ0) is 23.5. The largest absolute Gasteiger partial charge is 0.369 e. The van der Waals surface area contributed by atoms with Gasteiger partial charge < -0.3 is 27.0 Å². The minimum atomic E-state index is -0.513. The maximum atomic E-state index is 13.1. The van der Waals surface area contributed by atoms with Crippen molar-refractivity contribution in [3.8, 4) is 0 Å². The Morgan fingerprint density at radius 3 is 2.52 bits per heavy atom. The monoisotopic (exact) mass is 457 g/mol. The Kier molecular flexibility index (Phi) is 9.37. The molecule has 33 heavy (non-hydrogen) atoms. The standard InChI is InChI=1S/C23H32FN7O2/c24-17-9-7-16(8-10-17)14-29-21(32)18-15-30-23-28-13-4-1-3-12-27-22(33)19(25)6-2-5-11-26-20(18)31-23/h7-10,15,19H,1-6,11-14,25H2,(H,27,33)(H,29,32)(H2,26,28,30,31)/t19-/m0/s1. The van der Waals surface area contributed by atoms with Gasteiger partial charge >= 0.3 is 0 Å². The van der Waals surface area contributed by atoms with E-state index in [4.69, 9.17) is 5.73 Å². The molecule has 2 amide bonds. The fourth-order valence-electron chi connectivity index (χ4n) is 3.44. The summed E-state index contributed by atoms with van der Waals surface area (Å²) < 4.78 is 13.1. The number of anilines is 2. The lowest BCUT2D eigenvalue weighted by Gasteiger charge is -2.14. The van der Waals surface area contributed by atoms with E-state index < -0.39 is 6.04 Å². The maximum Gasteiger partial charge on any atom is 0.256 e. The molecule has 0 radical (unpaired) electrons. The van der Waals surface area contributed by atoms with E-state index in [-0.39, 0.29) is 24.2 Å². The summed E-state index contributed by atoms with van der Waals surface area (Å²) in [6.45, 7) is 2.14. The average molecular weight is 458 g/mol. The molecular weight excluding hydrogens is 425 g/mol. The fraction of sp³-hybridized carbons (Fsp3) is 0.478. The minimum Gasteiger partial charge on any atom is -0.369 e. The van der Waals surface area contributed by atoms with E-state index in [1.807, 2.05) is 0 Å². The minimum absolute atomic E-state index is 0.108. The topological polar surface area (TPSA) is 134 Å². The van der Waals surface area contributed by atoms with Crippen LogP contribution >= 0.6 is 0 Å². The smallest absolute Gasteiger partial charge is 0.256 e. The molecule has 2 aromatic rings. The van der Waals surface area contributed by atoms with Crippen LogP contribution in [-0.4, -0.2) is 47.5 Å².